The monoisotopic (exact) mass is 3020 g/mol. The Labute approximate surface area is 727 Å². The van der Waals surface area contributed by atoms with E-state index in [2.05, 4.69) is 493 Å². The zero-order valence-corrected chi connectivity index (χ0v) is 87.0. The normalized spacial score (nSPS) is 12.3. The molecule has 0 heterocycles. The van der Waals surface area contributed by atoms with Crippen molar-refractivity contribution in [1.82, 2.24) is 15.5 Å². The fourth-order valence-corrected chi connectivity index (χ4v) is 29.4. The zero-order chi connectivity index (χ0) is 61.8. The molecule has 0 atom stereocenters. The summed E-state index contributed by atoms with van der Waals surface area (Å²) in [6.45, 7) is 2.69. The minimum Gasteiger partial charge on any atom is -0.329 e. The minimum atomic E-state index is -1.21. The number of rotatable bonds is 20. The third-order valence-corrected chi connectivity index (χ3v) is 50.5. The number of nitrogens with zero attached hydrogens (tertiary/aromatic N) is 1. The van der Waals surface area contributed by atoms with Gasteiger partial charge in [0.1, 0.15) is 0 Å². The lowest BCUT2D eigenvalue weighted by molar-refractivity contribution is -0.0225. The van der Waals surface area contributed by atoms with Crippen LogP contribution in [0, 0.1) is 0 Å². The number of halogens is 30. The van der Waals surface area contributed by atoms with E-state index in [1.807, 2.05) is 0 Å². The Morgan fingerprint density at radius 3 is 0.659 bits per heavy atom. The molecule has 0 aliphatic heterocycles. The van der Waals surface area contributed by atoms with Gasteiger partial charge in [0.2, 0.25) is 0 Å². The Bertz CT molecular complexity index is 3160. The molecule has 0 saturated heterocycles. The molecule has 4 N–H and O–H groups in total. The Hall–Kier alpha value is 9.56. The summed E-state index contributed by atoms with van der Waals surface area (Å²) in [4.78, 5) is 2.63. The van der Waals surface area contributed by atoms with Crippen molar-refractivity contribution in [2.45, 2.75) is 49.9 Å². The molecule has 0 spiro atoms. The quantitative estimate of drug-likeness (QED) is 0.0405. The van der Waals surface area contributed by atoms with Gasteiger partial charge in [0.25, 0.3) is 0 Å². The van der Waals surface area contributed by atoms with Gasteiger partial charge in [-0.05, 0) is 537 Å². The summed E-state index contributed by atoms with van der Waals surface area (Å²) in [5.41, 5.74) is 9.52. The van der Waals surface area contributed by atoms with Gasteiger partial charge in [0.05, 0.1) is 0 Å². The predicted octanol–water partition coefficient (Wildman–Crippen LogP) is 31.2. The smallest absolute Gasteiger partial charge is 0.0486 e. The summed E-state index contributed by atoms with van der Waals surface area (Å²) >= 11 is 122. The molecule has 0 unspecified atom stereocenters. The first-order valence-corrected chi connectivity index (χ1v) is 45.8. The molecular formula is C48H24Br30N4. The van der Waals surface area contributed by atoms with Crippen LogP contribution < -0.4 is 16.4 Å². The van der Waals surface area contributed by atoms with Gasteiger partial charge < -0.3 is 16.4 Å². The second-order valence-electron chi connectivity index (χ2n) is 17.4. The van der Waals surface area contributed by atoms with Gasteiger partial charge in [-0.1, -0.05) is 0 Å². The second-order valence-corrected chi connectivity index (χ2v) is 41.2. The maximum Gasteiger partial charge on any atom is 0.0486 e. The summed E-state index contributed by atoms with van der Waals surface area (Å²) in [5, 5.41) is 8.12. The maximum absolute atomic E-state index is 6.20. The van der Waals surface area contributed by atoms with Gasteiger partial charge in [0.15, 0.2) is 0 Å². The average molecular weight is 3050 g/mol. The second kappa shape index (κ2) is 34.8. The van der Waals surface area contributed by atoms with Crippen LogP contribution in [0.25, 0.3) is 0 Å². The molecule has 0 aliphatic carbocycles. The van der Waals surface area contributed by atoms with Crippen LogP contribution in [-0.2, 0) is 38.8 Å². The van der Waals surface area contributed by atoms with E-state index >= 15 is 0 Å². The topological polar surface area (TPSA) is 53.3 Å². The van der Waals surface area contributed by atoms with E-state index < -0.39 is 11.1 Å². The third-order valence-electron chi connectivity index (χ3n) is 13.0. The molecule has 0 saturated carbocycles. The Morgan fingerprint density at radius 2 is 0.439 bits per heavy atom. The fraction of sp³-hybridized carbons (Fsp3) is 0.250. The van der Waals surface area contributed by atoms with Crippen molar-refractivity contribution in [2.75, 3.05) is 26.2 Å². The fourth-order valence-electron chi connectivity index (χ4n) is 8.95. The predicted molar refractivity (Wildman–Crippen MR) is 449 cm³/mol. The van der Waals surface area contributed by atoms with Crippen molar-refractivity contribution in [3.8, 4) is 0 Å². The lowest BCUT2D eigenvalue weighted by Crippen LogP contribution is -2.74. The van der Waals surface area contributed by atoms with Crippen molar-refractivity contribution in [3.05, 3.63) is 168 Å². The third kappa shape index (κ3) is 16.8. The molecule has 446 valence electrons. The molecule has 0 aromatic heterocycles. The number of hydrogen-bond acceptors (Lipinski definition) is 4. The molecule has 0 amide bonds. The van der Waals surface area contributed by atoms with E-state index in [0.717, 1.165) is 168 Å². The molecule has 0 bridgehead atoms. The van der Waals surface area contributed by atoms with Crippen molar-refractivity contribution in [3.63, 3.8) is 0 Å². The average Bonchev–Trinajstić information content (AvgIpc) is 3.46. The molecule has 6 aromatic rings. The minimum absolute atomic E-state index is 0.305. The first-order valence-electron chi connectivity index (χ1n) is 22.0. The van der Waals surface area contributed by atoms with Crippen molar-refractivity contribution < 1.29 is 0 Å². The summed E-state index contributed by atoms with van der Waals surface area (Å²) in [6.07, 6.45) is 1.36. The Balaban J connectivity index is 2.10. The largest absolute Gasteiger partial charge is 0.329 e. The highest BCUT2D eigenvalue weighted by molar-refractivity contribution is 9.19. The first-order chi connectivity index (χ1) is 38.1. The van der Waals surface area contributed by atoms with E-state index in [-0.39, 0.29) is 0 Å². The van der Waals surface area contributed by atoms with Gasteiger partial charge in [-0.2, -0.15) is 0 Å². The Kier molecular flexibility index (Phi) is 34.1. The van der Waals surface area contributed by atoms with Crippen LogP contribution in [0.3, 0.4) is 0 Å². The molecule has 34 heteroatoms. The molecule has 0 radical (unpaired) electrons. The molecule has 4 nitrogen and oxygen atoms in total. The summed E-state index contributed by atoms with van der Waals surface area (Å²) < 4.78 is 24.8. The lowest BCUT2D eigenvalue weighted by atomic mass is 9.62. The van der Waals surface area contributed by atoms with E-state index in [0.29, 0.717) is 65.0 Å². The van der Waals surface area contributed by atoms with Crippen LogP contribution in [0.2, 0.25) is 0 Å². The highest BCUT2D eigenvalue weighted by Gasteiger charge is 2.57. The first kappa shape index (κ1) is 80.5. The van der Waals surface area contributed by atoms with E-state index in [1.165, 1.54) is 0 Å². The van der Waals surface area contributed by atoms with Gasteiger partial charge in [-0.3, -0.25) is 4.90 Å². The molecule has 82 heavy (non-hydrogen) atoms. The van der Waals surface area contributed by atoms with Gasteiger partial charge in [-0.25, -0.2) is 0 Å². The number of nitrogens with two attached hydrogens (primary N) is 1. The SMILES string of the molecule is NCCNCCNC(Cc1c(Br)c(Br)c(Br)c(Br)c1Br)(Cc1c(Br)c(Br)c(Br)c(Br)c1Br)C(Cc1c(Br)c(Br)c(Br)c(Br)c1Br)(Cc1c(Br)c(Br)c(Br)c(Br)c1Br)N(Cc1c(Br)c(Br)c(Br)c(Br)c1Br)Cc1c(Br)c(Br)c(Br)c(Br)c1Br. The summed E-state index contributed by atoms with van der Waals surface area (Å²) in [7, 11) is 0. The van der Waals surface area contributed by atoms with Crippen molar-refractivity contribution >= 4 is 478 Å². The molecule has 0 fully saturated rings. The number of hydrogen-bond donors (Lipinski definition) is 3. The molecule has 0 aliphatic rings. The van der Waals surface area contributed by atoms with Gasteiger partial charge >= 0.3 is 0 Å². The van der Waals surface area contributed by atoms with Crippen LogP contribution in [-0.4, -0.2) is 42.2 Å². The summed E-state index contributed by atoms with van der Waals surface area (Å²) in [5.74, 6) is 0. The maximum atomic E-state index is 6.20. The molecule has 6 rings (SSSR count). The van der Waals surface area contributed by atoms with Crippen LogP contribution in [0.15, 0.2) is 134 Å². The van der Waals surface area contributed by atoms with Crippen molar-refractivity contribution in [1.29, 1.82) is 0 Å². The van der Waals surface area contributed by atoms with Gasteiger partial charge in [0, 0.05) is 185 Å². The lowest BCUT2D eigenvalue weighted by Gasteiger charge is -2.59. The van der Waals surface area contributed by atoms with Gasteiger partial charge in [-0.15, -0.1) is 0 Å². The zero-order valence-electron chi connectivity index (χ0n) is 39.4. The molecule has 6 aromatic carbocycles. The Morgan fingerprint density at radius 1 is 0.244 bits per heavy atom. The number of benzene rings is 6. The van der Waals surface area contributed by atoms with E-state index in [9.17, 15) is 0 Å². The number of nitrogens with one attached hydrogen (secondary N) is 2. The van der Waals surface area contributed by atoms with E-state index in [1.54, 1.807) is 0 Å². The summed E-state index contributed by atoms with van der Waals surface area (Å²) in [6, 6.07) is 0. The van der Waals surface area contributed by atoms with Crippen molar-refractivity contribution in [2.24, 2.45) is 5.73 Å². The highest BCUT2D eigenvalue weighted by atomic mass is 79.9. The van der Waals surface area contributed by atoms with Crippen LogP contribution in [0.1, 0.15) is 33.4 Å². The molecular weight excluding hydrogens is 3030 g/mol. The van der Waals surface area contributed by atoms with Crippen LogP contribution in [0.5, 0.6) is 0 Å². The standard InChI is InChI=1S/C48H24Br30N4/c49-17-11(18(50)30(62)41(73)29(17)61)5-47(81-4-3-80-2-1-79,6-12-19(51)31(63)42(74)32(64)20(12)52)48(7-13-21(53)33(65)43(75)34(66)22(13)54,8-14-23(55)35(67)44(76)36(68)24(14)56)82(9-15-25(57)37(69)45(77)38(70)26(15)58)10-16-27(59)39(71)46(78)40(72)28(16)60/h80-81H,1-10,79H2. The van der Waals surface area contributed by atoms with Crippen LogP contribution >= 0.6 is 478 Å². The highest BCUT2D eigenvalue weighted by Crippen LogP contribution is 2.58. The van der Waals surface area contributed by atoms with Crippen LogP contribution in [0.4, 0.5) is 0 Å². The van der Waals surface area contributed by atoms with E-state index in [4.69, 9.17) is 5.73 Å².